The monoisotopic (exact) mass is 386 g/mol. The summed E-state index contributed by atoms with van der Waals surface area (Å²) in [6, 6.07) is 6.11. The number of likely N-dealkylation sites (tertiary alicyclic amines) is 1. The van der Waals surface area contributed by atoms with Crippen LogP contribution in [0, 0.1) is 6.92 Å². The van der Waals surface area contributed by atoms with Crippen LogP contribution in [-0.4, -0.2) is 32.9 Å². The fourth-order valence-corrected chi connectivity index (χ4v) is 3.96. The van der Waals surface area contributed by atoms with Gasteiger partial charge in [-0.3, -0.25) is 9.78 Å². The molecule has 1 aliphatic rings. The molecule has 0 radical (unpaired) electrons. The van der Waals surface area contributed by atoms with E-state index in [1.54, 1.807) is 18.5 Å². The van der Waals surface area contributed by atoms with E-state index in [0.717, 1.165) is 37.1 Å². The van der Waals surface area contributed by atoms with Gasteiger partial charge in [0, 0.05) is 24.0 Å². The van der Waals surface area contributed by atoms with Crippen molar-refractivity contribution in [2.45, 2.75) is 65.0 Å². The molecule has 0 aromatic carbocycles. The van der Waals surface area contributed by atoms with Crippen molar-refractivity contribution < 1.29 is 4.79 Å². The second-order valence-corrected chi connectivity index (χ2v) is 7.71. The Morgan fingerprint density at radius 3 is 2.78 bits per heavy atom. The third-order valence-electron chi connectivity index (χ3n) is 5.15. The van der Waals surface area contributed by atoms with Gasteiger partial charge in [-0.15, -0.1) is 0 Å². The number of rotatable bonds is 5. The summed E-state index contributed by atoms with van der Waals surface area (Å²) in [5.41, 5.74) is 2.29. The molecule has 1 fully saturated rings. The second-order valence-electron chi connectivity index (χ2n) is 7.30. The average molecular weight is 387 g/mol. The van der Waals surface area contributed by atoms with Crippen LogP contribution in [0.5, 0.6) is 0 Å². The molecule has 1 N–H and O–H groups in total. The van der Waals surface area contributed by atoms with E-state index >= 15 is 0 Å². The number of hydrogen-bond donors (Lipinski definition) is 1. The third kappa shape index (κ3) is 4.59. The first kappa shape index (κ1) is 19.6. The van der Waals surface area contributed by atoms with E-state index < -0.39 is 0 Å². The van der Waals surface area contributed by atoms with Crippen LogP contribution in [0.4, 0.5) is 11.5 Å². The number of hydrogen-bond acceptors (Lipinski definition) is 4. The molecule has 27 heavy (non-hydrogen) atoms. The number of aromatic nitrogens is 2. The van der Waals surface area contributed by atoms with Crippen molar-refractivity contribution in [1.82, 2.24) is 14.9 Å². The fourth-order valence-electron chi connectivity index (χ4n) is 3.74. The first-order valence-corrected chi connectivity index (χ1v) is 10.0. The number of carbonyl (C=O) groups is 1. The number of piperidine rings is 1. The smallest absolute Gasteiger partial charge is 0.255 e. The van der Waals surface area contributed by atoms with E-state index in [1.165, 1.54) is 6.42 Å². The van der Waals surface area contributed by atoms with Crippen molar-refractivity contribution in [3.63, 3.8) is 0 Å². The Morgan fingerprint density at radius 2 is 2.11 bits per heavy atom. The lowest BCUT2D eigenvalue weighted by Crippen LogP contribution is -2.48. The molecule has 5 nitrogen and oxygen atoms in total. The highest BCUT2D eigenvalue weighted by Crippen LogP contribution is 2.29. The molecule has 0 aliphatic carbocycles. The highest BCUT2D eigenvalue weighted by atomic mass is 35.5. The number of anilines is 2. The van der Waals surface area contributed by atoms with Crippen LogP contribution in [0.3, 0.4) is 0 Å². The van der Waals surface area contributed by atoms with Gasteiger partial charge in [0.25, 0.3) is 5.91 Å². The lowest BCUT2D eigenvalue weighted by atomic mass is 9.93. The van der Waals surface area contributed by atoms with Crippen LogP contribution >= 0.6 is 11.6 Å². The Balaban J connectivity index is 1.79. The topological polar surface area (TPSA) is 58.1 Å². The molecule has 0 spiro atoms. The molecule has 0 bridgehead atoms. The van der Waals surface area contributed by atoms with Gasteiger partial charge in [-0.05, 0) is 57.7 Å². The average Bonchev–Trinajstić information content (AvgIpc) is 2.65. The number of halogens is 1. The van der Waals surface area contributed by atoms with Gasteiger partial charge in [-0.2, -0.15) is 0 Å². The zero-order valence-corrected chi connectivity index (χ0v) is 17.0. The molecule has 1 aliphatic heterocycles. The maximum absolute atomic E-state index is 13.2. The van der Waals surface area contributed by atoms with Gasteiger partial charge in [0.1, 0.15) is 5.82 Å². The maximum Gasteiger partial charge on any atom is 0.255 e. The Kier molecular flexibility index (Phi) is 6.32. The Morgan fingerprint density at radius 1 is 1.30 bits per heavy atom. The molecule has 2 aromatic heterocycles. The second kappa shape index (κ2) is 8.70. The van der Waals surface area contributed by atoms with Gasteiger partial charge in [0.05, 0.1) is 22.5 Å². The Labute approximate surface area is 166 Å². The summed E-state index contributed by atoms with van der Waals surface area (Å²) in [6.07, 6.45) is 8.77. The van der Waals surface area contributed by atoms with E-state index in [1.807, 2.05) is 24.0 Å². The predicted octanol–water partition coefficient (Wildman–Crippen LogP) is 5.37. The predicted molar refractivity (Wildman–Crippen MR) is 110 cm³/mol. The molecule has 3 heterocycles. The summed E-state index contributed by atoms with van der Waals surface area (Å²) < 4.78 is 0. The van der Waals surface area contributed by atoms with Crippen molar-refractivity contribution in [1.29, 1.82) is 0 Å². The quantitative estimate of drug-likeness (QED) is 0.750. The number of nitrogens with one attached hydrogen (secondary N) is 1. The van der Waals surface area contributed by atoms with Crippen LogP contribution < -0.4 is 5.32 Å². The number of pyridine rings is 2. The normalized spacial score (nSPS) is 19.8. The van der Waals surface area contributed by atoms with Gasteiger partial charge < -0.3 is 10.2 Å². The number of aryl methyl sites for hydroxylation is 1. The number of nitrogens with zero attached hydrogens (tertiary/aromatic N) is 3. The Hall–Kier alpha value is -2.14. The van der Waals surface area contributed by atoms with E-state index in [2.05, 4.69) is 29.1 Å². The molecule has 6 heteroatoms. The minimum Gasteiger partial charge on any atom is -0.338 e. The first-order valence-electron chi connectivity index (χ1n) is 9.67. The van der Waals surface area contributed by atoms with Crippen LogP contribution in [0.15, 0.2) is 30.6 Å². The largest absolute Gasteiger partial charge is 0.338 e. The summed E-state index contributed by atoms with van der Waals surface area (Å²) in [5.74, 6) is 0.550. The van der Waals surface area contributed by atoms with Crippen LogP contribution in [-0.2, 0) is 0 Å². The molecular formula is C21H27ClN4O. The summed E-state index contributed by atoms with van der Waals surface area (Å²) in [7, 11) is 0. The number of carbonyl (C=O) groups excluding carboxylic acids is 1. The van der Waals surface area contributed by atoms with E-state index in [0.29, 0.717) is 22.4 Å². The van der Waals surface area contributed by atoms with Crippen LogP contribution in [0.25, 0.3) is 0 Å². The van der Waals surface area contributed by atoms with E-state index in [-0.39, 0.29) is 11.9 Å². The van der Waals surface area contributed by atoms with Gasteiger partial charge in [-0.1, -0.05) is 24.9 Å². The van der Waals surface area contributed by atoms with Gasteiger partial charge in [0.15, 0.2) is 0 Å². The van der Waals surface area contributed by atoms with Gasteiger partial charge in [0.2, 0.25) is 0 Å². The van der Waals surface area contributed by atoms with Crippen LogP contribution in [0.1, 0.15) is 62.0 Å². The highest BCUT2D eigenvalue weighted by molar-refractivity contribution is 6.33. The molecular weight excluding hydrogens is 360 g/mol. The minimum absolute atomic E-state index is 0.0265. The minimum atomic E-state index is 0.0265. The SMILES string of the molecule is CCCC1CCCC(C)N1C(=O)c1cnc(Nc2ccc(C)nc2)c(Cl)c1. The van der Waals surface area contributed by atoms with Crippen LogP contribution in [0.2, 0.25) is 5.02 Å². The summed E-state index contributed by atoms with van der Waals surface area (Å²) in [4.78, 5) is 23.8. The first-order chi connectivity index (χ1) is 13.0. The van der Waals surface area contributed by atoms with Crippen molar-refractivity contribution in [2.75, 3.05) is 5.32 Å². The van der Waals surface area contributed by atoms with Crippen molar-refractivity contribution in [3.8, 4) is 0 Å². The highest BCUT2D eigenvalue weighted by Gasteiger charge is 2.32. The van der Waals surface area contributed by atoms with Gasteiger partial charge >= 0.3 is 0 Å². The summed E-state index contributed by atoms with van der Waals surface area (Å²) in [5, 5.41) is 3.58. The molecule has 2 atom stereocenters. The van der Waals surface area contributed by atoms with E-state index in [4.69, 9.17) is 11.6 Å². The summed E-state index contributed by atoms with van der Waals surface area (Å²) >= 11 is 6.41. The van der Waals surface area contributed by atoms with Crippen molar-refractivity contribution in [3.05, 3.63) is 46.9 Å². The third-order valence-corrected chi connectivity index (χ3v) is 5.43. The fraction of sp³-hybridized carbons (Fsp3) is 0.476. The molecule has 144 valence electrons. The zero-order valence-electron chi connectivity index (χ0n) is 16.2. The summed E-state index contributed by atoms with van der Waals surface area (Å²) in [6.45, 7) is 6.23. The van der Waals surface area contributed by atoms with Crippen molar-refractivity contribution >= 4 is 29.0 Å². The Bertz CT molecular complexity index is 791. The lowest BCUT2D eigenvalue weighted by molar-refractivity contribution is 0.0463. The zero-order chi connectivity index (χ0) is 19.4. The molecule has 2 unspecified atom stereocenters. The molecule has 3 rings (SSSR count). The molecule has 1 saturated heterocycles. The molecule has 2 aromatic rings. The lowest BCUT2D eigenvalue weighted by Gasteiger charge is -2.41. The molecule has 1 amide bonds. The maximum atomic E-state index is 13.2. The number of amides is 1. The molecule has 0 saturated carbocycles. The van der Waals surface area contributed by atoms with E-state index in [9.17, 15) is 4.79 Å². The van der Waals surface area contributed by atoms with Gasteiger partial charge in [-0.25, -0.2) is 4.98 Å². The van der Waals surface area contributed by atoms with Crippen molar-refractivity contribution in [2.24, 2.45) is 0 Å². The standard InChI is InChI=1S/C21H27ClN4O/c1-4-6-18-8-5-7-15(3)26(18)21(27)16-11-19(22)20(24-12-16)25-17-10-9-14(2)23-13-17/h9-13,15,18H,4-8H2,1-3H3,(H,24,25).